The summed E-state index contributed by atoms with van der Waals surface area (Å²) >= 11 is 0. The molecule has 0 atom stereocenters. The summed E-state index contributed by atoms with van der Waals surface area (Å²) < 4.78 is 125. The molecule has 6 nitrogen and oxygen atoms in total. The Labute approximate surface area is 238 Å². The molecule has 42 heavy (non-hydrogen) atoms. The average Bonchev–Trinajstić information content (AvgIpc) is 2.98. The number of benzene rings is 5. The van der Waals surface area contributed by atoms with Crippen molar-refractivity contribution in [3.05, 3.63) is 126 Å². The highest BCUT2D eigenvalue weighted by Gasteiger charge is 2.35. The first-order valence-electron chi connectivity index (χ1n) is 12.0. The van der Waals surface area contributed by atoms with Gasteiger partial charge in [-0.1, -0.05) is 91.0 Å². The summed E-state index contributed by atoms with van der Waals surface area (Å²) in [6.45, 7) is 0. The molecule has 12 heteroatoms. The predicted molar refractivity (Wildman–Crippen MR) is 145 cm³/mol. The van der Waals surface area contributed by atoms with E-state index in [9.17, 15) is 39.0 Å². The van der Waals surface area contributed by atoms with E-state index in [4.69, 9.17) is 4.18 Å². The van der Waals surface area contributed by atoms with Crippen molar-refractivity contribution in [2.24, 2.45) is 0 Å². The molecule has 214 valence electrons. The Morgan fingerprint density at radius 1 is 0.500 bits per heavy atom. The Kier molecular flexibility index (Phi) is 7.62. The van der Waals surface area contributed by atoms with E-state index in [2.05, 4.69) is 0 Å². The Bertz CT molecular complexity index is 1930. The quantitative estimate of drug-likeness (QED) is 0.0856. The zero-order chi connectivity index (χ0) is 30.2. The van der Waals surface area contributed by atoms with Crippen molar-refractivity contribution in [3.8, 4) is 39.1 Å². The average molecular weight is 614 g/mol. The normalized spacial score (nSPS) is 11.8. The highest BCUT2D eigenvalue weighted by Crippen LogP contribution is 2.42. The summed E-state index contributed by atoms with van der Waals surface area (Å²) in [6.07, 6.45) is 0. The number of hydrogen-bond acceptors (Lipinski definition) is 6. The molecule has 0 amide bonds. The summed E-state index contributed by atoms with van der Waals surface area (Å²) in [5.74, 6) is -12.4. The van der Waals surface area contributed by atoms with E-state index >= 15 is 0 Å². The summed E-state index contributed by atoms with van der Waals surface area (Å²) in [5.41, 5.74) is 2.01. The van der Waals surface area contributed by atoms with E-state index in [0.29, 0.717) is 22.3 Å². The van der Waals surface area contributed by atoms with E-state index in [0.717, 1.165) is 0 Å². The minimum atomic E-state index is -6.02. The van der Waals surface area contributed by atoms with Crippen molar-refractivity contribution in [2.45, 2.75) is 9.79 Å². The van der Waals surface area contributed by atoms with Crippen LogP contribution in [0.3, 0.4) is 0 Å². The van der Waals surface area contributed by atoms with Gasteiger partial charge in [0, 0.05) is 11.1 Å². The molecule has 0 aliphatic carbocycles. The van der Waals surface area contributed by atoms with Crippen LogP contribution in [-0.2, 0) is 20.2 Å². The van der Waals surface area contributed by atoms with Crippen molar-refractivity contribution in [1.29, 1.82) is 0 Å². The third kappa shape index (κ3) is 5.39. The maximum atomic E-state index is 14.8. The topological polar surface area (TPSA) is 101 Å². The molecule has 0 heterocycles. The lowest BCUT2D eigenvalue weighted by atomic mass is 9.93. The third-order valence-electron chi connectivity index (χ3n) is 6.24. The monoisotopic (exact) mass is 613 g/mol. The van der Waals surface area contributed by atoms with Crippen molar-refractivity contribution in [1.82, 2.24) is 0 Å². The molecule has 5 rings (SSSR count). The van der Waals surface area contributed by atoms with E-state index in [1.165, 1.54) is 12.1 Å². The highest BCUT2D eigenvalue weighted by molar-refractivity contribution is 7.87. The second-order valence-electron chi connectivity index (χ2n) is 8.90. The SMILES string of the molecule is O=S(=O)([O-])c1c(F)c(F)c(OS(=O)(=O)c2c(-c3ccccc3)cc(-c3ccccc3)cc2-c2ccccc2)c(F)c1F. The molecule has 0 N–H and O–H groups in total. The predicted octanol–water partition coefficient (Wildman–Crippen LogP) is 6.92. The molecule has 0 aliphatic heterocycles. The van der Waals surface area contributed by atoms with E-state index in [-0.39, 0.29) is 11.1 Å². The van der Waals surface area contributed by atoms with E-state index in [1.54, 1.807) is 91.0 Å². The standard InChI is InChI=1S/C30H18F4O6S2/c31-24-26(33)30(41(35,36)37)27(34)25(32)28(24)40-42(38,39)29-22(19-12-6-2-7-13-19)16-21(18-10-4-1-5-11-18)17-23(29)20-14-8-3-9-15-20/h1-17H,(H,35,36,37)/p-1. The zero-order valence-corrected chi connectivity index (χ0v) is 22.7. The summed E-state index contributed by atoms with van der Waals surface area (Å²) in [7, 11) is -11.4. The minimum absolute atomic E-state index is 0.0244. The zero-order valence-electron chi connectivity index (χ0n) is 21.1. The van der Waals surface area contributed by atoms with Gasteiger partial charge in [0.15, 0.2) is 11.6 Å². The van der Waals surface area contributed by atoms with Crippen LogP contribution >= 0.6 is 0 Å². The highest BCUT2D eigenvalue weighted by atomic mass is 32.2. The Morgan fingerprint density at radius 3 is 1.26 bits per heavy atom. The molecule has 0 fully saturated rings. The number of halogens is 4. The number of hydrogen-bond donors (Lipinski definition) is 0. The van der Waals surface area contributed by atoms with E-state index in [1.807, 2.05) is 0 Å². The molecule has 0 saturated heterocycles. The van der Waals surface area contributed by atoms with Crippen LogP contribution in [0.25, 0.3) is 33.4 Å². The van der Waals surface area contributed by atoms with E-state index < -0.39 is 59.0 Å². The Hall–Kier alpha value is -4.52. The van der Waals surface area contributed by atoms with Crippen LogP contribution in [-0.4, -0.2) is 21.4 Å². The lowest BCUT2D eigenvalue weighted by Crippen LogP contribution is -2.18. The van der Waals surface area contributed by atoms with Gasteiger partial charge < -0.3 is 8.74 Å². The minimum Gasteiger partial charge on any atom is -0.744 e. The lowest BCUT2D eigenvalue weighted by molar-refractivity contribution is 0.363. The first-order chi connectivity index (χ1) is 19.9. The first-order valence-corrected chi connectivity index (χ1v) is 14.8. The van der Waals surface area contributed by atoms with Crippen LogP contribution in [0.5, 0.6) is 5.75 Å². The van der Waals surface area contributed by atoms with Gasteiger partial charge in [-0.2, -0.15) is 17.2 Å². The second kappa shape index (κ2) is 11.0. The smallest absolute Gasteiger partial charge is 0.340 e. The van der Waals surface area contributed by atoms with Crippen LogP contribution in [0.15, 0.2) is 113 Å². The van der Waals surface area contributed by atoms with Crippen molar-refractivity contribution in [2.75, 3.05) is 0 Å². The van der Waals surface area contributed by atoms with Gasteiger partial charge in [0.25, 0.3) is 0 Å². The van der Waals surface area contributed by atoms with Gasteiger partial charge in [0.2, 0.25) is 17.4 Å². The molecule has 0 aliphatic rings. The molecule has 0 spiro atoms. The summed E-state index contributed by atoms with van der Waals surface area (Å²) in [6, 6.07) is 28.1. The lowest BCUT2D eigenvalue weighted by Gasteiger charge is -2.20. The molecular weight excluding hydrogens is 596 g/mol. The Balaban J connectivity index is 1.83. The second-order valence-corrected chi connectivity index (χ2v) is 11.7. The fourth-order valence-corrected chi connectivity index (χ4v) is 6.35. The molecule has 0 radical (unpaired) electrons. The van der Waals surface area contributed by atoms with Crippen molar-refractivity contribution >= 4 is 20.2 Å². The number of rotatable bonds is 7. The van der Waals surface area contributed by atoms with Crippen molar-refractivity contribution in [3.63, 3.8) is 0 Å². The van der Waals surface area contributed by atoms with Crippen LogP contribution in [0.2, 0.25) is 0 Å². The Morgan fingerprint density at radius 2 is 0.881 bits per heavy atom. The van der Waals surface area contributed by atoms with Gasteiger partial charge in [0.1, 0.15) is 19.9 Å². The largest absolute Gasteiger partial charge is 0.744 e. The molecule has 5 aromatic rings. The fraction of sp³-hybridized carbons (Fsp3) is 0. The first kappa shape index (κ1) is 29.0. The molecule has 0 saturated carbocycles. The molecule has 0 bridgehead atoms. The van der Waals surface area contributed by atoms with Gasteiger partial charge in [-0.3, -0.25) is 0 Å². The van der Waals surface area contributed by atoms with Crippen LogP contribution in [0, 0.1) is 23.3 Å². The molecule has 0 aromatic heterocycles. The molecule has 5 aromatic carbocycles. The molecule has 0 unspecified atom stereocenters. The third-order valence-corrected chi connectivity index (χ3v) is 8.43. The fourth-order valence-electron chi connectivity index (χ4n) is 4.40. The summed E-state index contributed by atoms with van der Waals surface area (Å²) in [5, 5.41) is 0. The maximum Gasteiger partial charge on any atom is 0.340 e. The van der Waals surface area contributed by atoms with Gasteiger partial charge in [-0.25, -0.2) is 17.2 Å². The van der Waals surface area contributed by atoms with Gasteiger partial charge in [0.05, 0.1) is 0 Å². The summed E-state index contributed by atoms with van der Waals surface area (Å²) in [4.78, 5) is -3.04. The van der Waals surface area contributed by atoms with Crippen LogP contribution in [0.4, 0.5) is 17.6 Å². The van der Waals surface area contributed by atoms with Gasteiger partial charge in [-0.15, -0.1) is 0 Å². The van der Waals surface area contributed by atoms with Crippen molar-refractivity contribution < 1.29 is 43.1 Å². The van der Waals surface area contributed by atoms with Crippen LogP contribution in [0.1, 0.15) is 0 Å². The van der Waals surface area contributed by atoms with Crippen LogP contribution < -0.4 is 4.18 Å². The van der Waals surface area contributed by atoms with Gasteiger partial charge >= 0.3 is 10.1 Å². The molecular formula is C30H17F4O6S2-. The van der Waals surface area contributed by atoms with Gasteiger partial charge in [-0.05, 0) is 34.4 Å². The maximum absolute atomic E-state index is 14.8.